The molecule has 2 heteroatoms. The number of halogens is 1. The van der Waals surface area contributed by atoms with Crippen LogP contribution in [0, 0.1) is 17.7 Å². The van der Waals surface area contributed by atoms with Crippen molar-refractivity contribution < 1.29 is 9.13 Å². The number of benzene rings is 3. The molecule has 0 spiro atoms. The molecular formula is C26H27FO. The van der Waals surface area contributed by atoms with Crippen LogP contribution in [-0.4, -0.2) is 6.61 Å². The van der Waals surface area contributed by atoms with Gasteiger partial charge >= 0.3 is 0 Å². The minimum absolute atomic E-state index is 0.245. The molecule has 0 saturated carbocycles. The van der Waals surface area contributed by atoms with Gasteiger partial charge < -0.3 is 4.74 Å². The SMILES string of the molecule is CCCCCCCCOc1ccc2cc(C#Cc3ccc(F)cc3)ccc2c1. The zero-order chi connectivity index (χ0) is 19.6. The van der Waals surface area contributed by atoms with Gasteiger partial charge in [-0.05, 0) is 65.7 Å². The summed E-state index contributed by atoms with van der Waals surface area (Å²) in [5.41, 5.74) is 1.75. The van der Waals surface area contributed by atoms with Crippen molar-refractivity contribution in [3.63, 3.8) is 0 Å². The van der Waals surface area contributed by atoms with E-state index in [-0.39, 0.29) is 5.82 Å². The van der Waals surface area contributed by atoms with Gasteiger partial charge in [0, 0.05) is 11.1 Å². The topological polar surface area (TPSA) is 9.23 Å². The molecular weight excluding hydrogens is 347 g/mol. The first-order valence-corrected chi connectivity index (χ1v) is 10.2. The van der Waals surface area contributed by atoms with Gasteiger partial charge in [-0.25, -0.2) is 4.39 Å². The number of hydrogen-bond acceptors (Lipinski definition) is 1. The van der Waals surface area contributed by atoms with E-state index >= 15 is 0 Å². The van der Waals surface area contributed by atoms with Crippen LogP contribution in [0.3, 0.4) is 0 Å². The van der Waals surface area contributed by atoms with Crippen LogP contribution in [0.25, 0.3) is 10.8 Å². The number of rotatable bonds is 8. The van der Waals surface area contributed by atoms with Crippen LogP contribution in [0.4, 0.5) is 4.39 Å². The molecule has 28 heavy (non-hydrogen) atoms. The summed E-state index contributed by atoms with van der Waals surface area (Å²) in [6.07, 6.45) is 7.60. The fourth-order valence-electron chi connectivity index (χ4n) is 3.14. The fourth-order valence-corrected chi connectivity index (χ4v) is 3.14. The standard InChI is InChI=1S/C26H27FO/c1-2-3-4-5-6-7-18-28-26-17-14-23-19-22(10-13-24(23)20-26)9-8-21-11-15-25(27)16-12-21/h10-17,19-20H,2-7,18H2,1H3. The number of ether oxygens (including phenoxy) is 1. The van der Waals surface area contributed by atoms with E-state index in [9.17, 15) is 4.39 Å². The second-order valence-corrected chi connectivity index (χ2v) is 7.10. The highest BCUT2D eigenvalue weighted by Crippen LogP contribution is 2.22. The molecule has 0 aliphatic carbocycles. The van der Waals surface area contributed by atoms with Crippen molar-refractivity contribution in [3.8, 4) is 17.6 Å². The molecule has 0 aromatic heterocycles. The largest absolute Gasteiger partial charge is 0.494 e. The molecule has 0 amide bonds. The summed E-state index contributed by atoms with van der Waals surface area (Å²) in [5.74, 6) is 6.90. The van der Waals surface area contributed by atoms with Crippen molar-refractivity contribution in [2.45, 2.75) is 45.4 Å². The quantitative estimate of drug-likeness (QED) is 0.301. The Labute approximate surface area is 167 Å². The summed E-state index contributed by atoms with van der Waals surface area (Å²) in [5, 5.41) is 2.28. The van der Waals surface area contributed by atoms with Crippen molar-refractivity contribution in [2.75, 3.05) is 6.61 Å². The number of unbranched alkanes of at least 4 members (excludes halogenated alkanes) is 5. The Morgan fingerprint density at radius 2 is 1.36 bits per heavy atom. The van der Waals surface area contributed by atoms with E-state index < -0.39 is 0 Å². The molecule has 144 valence electrons. The lowest BCUT2D eigenvalue weighted by atomic mass is 10.1. The monoisotopic (exact) mass is 374 g/mol. The van der Waals surface area contributed by atoms with E-state index in [4.69, 9.17) is 4.74 Å². The molecule has 0 radical (unpaired) electrons. The molecule has 0 aliphatic heterocycles. The van der Waals surface area contributed by atoms with Gasteiger partial charge in [-0.15, -0.1) is 0 Å². The van der Waals surface area contributed by atoms with Crippen molar-refractivity contribution in [2.24, 2.45) is 0 Å². The molecule has 0 N–H and O–H groups in total. The van der Waals surface area contributed by atoms with E-state index in [1.807, 2.05) is 12.1 Å². The molecule has 3 aromatic rings. The van der Waals surface area contributed by atoms with Crippen LogP contribution < -0.4 is 4.74 Å². The zero-order valence-electron chi connectivity index (χ0n) is 16.5. The summed E-state index contributed by atoms with van der Waals surface area (Å²) in [4.78, 5) is 0. The van der Waals surface area contributed by atoms with E-state index in [0.717, 1.165) is 40.7 Å². The Hall–Kier alpha value is -2.79. The Bertz CT molecular complexity index is 948. The van der Waals surface area contributed by atoms with Crippen molar-refractivity contribution in [1.82, 2.24) is 0 Å². The maximum Gasteiger partial charge on any atom is 0.123 e. The third-order valence-electron chi connectivity index (χ3n) is 4.77. The second-order valence-electron chi connectivity index (χ2n) is 7.10. The van der Waals surface area contributed by atoms with Gasteiger partial charge in [0.2, 0.25) is 0 Å². The van der Waals surface area contributed by atoms with Crippen LogP contribution in [0.15, 0.2) is 60.7 Å². The molecule has 3 rings (SSSR count). The van der Waals surface area contributed by atoms with Gasteiger partial charge in [-0.1, -0.05) is 63.0 Å². The first-order chi connectivity index (χ1) is 13.7. The molecule has 0 heterocycles. The molecule has 0 unspecified atom stereocenters. The lowest BCUT2D eigenvalue weighted by molar-refractivity contribution is 0.305. The van der Waals surface area contributed by atoms with E-state index in [1.54, 1.807) is 12.1 Å². The minimum Gasteiger partial charge on any atom is -0.494 e. The summed E-state index contributed by atoms with van der Waals surface area (Å²) in [6, 6.07) is 18.6. The van der Waals surface area contributed by atoms with Crippen molar-refractivity contribution in [3.05, 3.63) is 77.6 Å². The molecule has 0 fully saturated rings. The lowest BCUT2D eigenvalue weighted by Gasteiger charge is -2.07. The molecule has 1 nitrogen and oxygen atoms in total. The van der Waals surface area contributed by atoms with E-state index in [1.165, 1.54) is 44.2 Å². The van der Waals surface area contributed by atoms with Crippen LogP contribution in [0.1, 0.15) is 56.6 Å². The minimum atomic E-state index is -0.245. The molecule has 0 aliphatic rings. The average Bonchev–Trinajstić information content (AvgIpc) is 2.72. The average molecular weight is 374 g/mol. The first-order valence-electron chi connectivity index (χ1n) is 10.2. The Morgan fingerprint density at radius 1 is 0.714 bits per heavy atom. The van der Waals surface area contributed by atoms with Crippen molar-refractivity contribution in [1.29, 1.82) is 0 Å². The highest BCUT2D eigenvalue weighted by molar-refractivity contribution is 5.85. The maximum atomic E-state index is 13.0. The predicted molar refractivity (Wildman–Crippen MR) is 115 cm³/mol. The third kappa shape index (κ3) is 6.13. The summed E-state index contributed by atoms with van der Waals surface area (Å²) < 4.78 is 18.9. The van der Waals surface area contributed by atoms with E-state index in [0.29, 0.717) is 0 Å². The second kappa shape index (κ2) is 10.5. The molecule has 0 bridgehead atoms. The first kappa shape index (κ1) is 20.0. The van der Waals surface area contributed by atoms with Gasteiger partial charge in [-0.3, -0.25) is 0 Å². The van der Waals surface area contributed by atoms with Gasteiger partial charge in [0.25, 0.3) is 0 Å². The zero-order valence-corrected chi connectivity index (χ0v) is 16.5. The molecule has 0 atom stereocenters. The van der Waals surface area contributed by atoms with Gasteiger partial charge in [0.15, 0.2) is 0 Å². The molecule has 0 saturated heterocycles. The Morgan fingerprint density at radius 3 is 2.18 bits per heavy atom. The highest BCUT2D eigenvalue weighted by atomic mass is 19.1. The van der Waals surface area contributed by atoms with Crippen LogP contribution in [0.2, 0.25) is 0 Å². The lowest BCUT2D eigenvalue weighted by Crippen LogP contribution is -1.97. The maximum absolute atomic E-state index is 13.0. The highest BCUT2D eigenvalue weighted by Gasteiger charge is 1.99. The van der Waals surface area contributed by atoms with Crippen molar-refractivity contribution >= 4 is 10.8 Å². The summed E-state index contributed by atoms with van der Waals surface area (Å²) >= 11 is 0. The van der Waals surface area contributed by atoms with E-state index in [2.05, 4.69) is 43.0 Å². The summed E-state index contributed by atoms with van der Waals surface area (Å²) in [7, 11) is 0. The summed E-state index contributed by atoms with van der Waals surface area (Å²) in [6.45, 7) is 3.02. The fraction of sp³-hybridized carbons (Fsp3) is 0.308. The van der Waals surface area contributed by atoms with Gasteiger partial charge in [0.05, 0.1) is 6.61 Å². The smallest absolute Gasteiger partial charge is 0.123 e. The third-order valence-corrected chi connectivity index (χ3v) is 4.77. The predicted octanol–water partition coefficient (Wildman–Crippen LogP) is 7.12. The van der Waals surface area contributed by atoms with Crippen LogP contribution >= 0.6 is 0 Å². The van der Waals surface area contributed by atoms with Crippen LogP contribution in [-0.2, 0) is 0 Å². The van der Waals surface area contributed by atoms with Gasteiger partial charge in [-0.2, -0.15) is 0 Å². The number of hydrogen-bond donors (Lipinski definition) is 0. The Balaban J connectivity index is 1.57. The normalized spacial score (nSPS) is 10.5. The Kier molecular flexibility index (Phi) is 7.50. The molecule has 3 aromatic carbocycles. The number of fused-ring (bicyclic) bond motifs is 1. The van der Waals surface area contributed by atoms with Crippen LogP contribution in [0.5, 0.6) is 5.75 Å². The van der Waals surface area contributed by atoms with Gasteiger partial charge in [0.1, 0.15) is 11.6 Å².